The summed E-state index contributed by atoms with van der Waals surface area (Å²) in [5.41, 5.74) is 7.35. The number of hydrogen-bond acceptors (Lipinski definition) is 5. The van der Waals surface area contributed by atoms with Crippen LogP contribution < -0.4 is 10.0 Å². The molecule has 0 bridgehead atoms. The highest BCUT2D eigenvalue weighted by atomic mass is 32.2. The van der Waals surface area contributed by atoms with Crippen molar-refractivity contribution in [2.24, 2.45) is 0 Å². The maximum absolute atomic E-state index is 12.9. The van der Waals surface area contributed by atoms with E-state index in [1.165, 1.54) is 30.5 Å². The molecule has 0 unspecified atom stereocenters. The Morgan fingerprint density at radius 2 is 1.75 bits per heavy atom. The first-order chi connectivity index (χ1) is 11.5. The molecule has 0 amide bonds. The van der Waals surface area contributed by atoms with Crippen LogP contribution in [0.15, 0.2) is 59.6 Å². The Kier molecular flexibility index (Phi) is 4.06. The Balaban J connectivity index is 2.11. The number of anilines is 2. The van der Waals surface area contributed by atoms with Crippen molar-refractivity contribution in [1.29, 1.82) is 0 Å². The van der Waals surface area contributed by atoms with Gasteiger partial charge in [0.05, 0.1) is 28.7 Å². The molecule has 3 rings (SSSR count). The Hall–Kier alpha value is -3.11. The summed E-state index contributed by atoms with van der Waals surface area (Å²) in [5, 5.41) is 0. The number of sulfonamides is 1. The van der Waals surface area contributed by atoms with Gasteiger partial charge in [0.2, 0.25) is 0 Å². The topological polar surface area (TPSA) is 89.2 Å². The maximum Gasteiger partial charge on any atom is 0.266 e. The van der Waals surface area contributed by atoms with E-state index < -0.39 is 10.0 Å². The smallest absolute Gasteiger partial charge is 0.266 e. The Morgan fingerprint density at radius 3 is 2.42 bits per heavy atom. The van der Waals surface area contributed by atoms with Gasteiger partial charge >= 0.3 is 0 Å². The summed E-state index contributed by atoms with van der Waals surface area (Å²) in [7, 11) is -3.87. The second-order valence-electron chi connectivity index (χ2n) is 5.00. The van der Waals surface area contributed by atoms with Gasteiger partial charge in [0, 0.05) is 5.69 Å². The van der Waals surface area contributed by atoms with E-state index in [1.54, 1.807) is 18.2 Å². The monoisotopic (exact) mass is 338 g/mol. The van der Waals surface area contributed by atoms with Crippen LogP contribution >= 0.6 is 0 Å². The van der Waals surface area contributed by atoms with Crippen molar-refractivity contribution in [3.63, 3.8) is 0 Å². The number of nitrogen functional groups attached to an aromatic ring is 1. The zero-order valence-corrected chi connectivity index (χ0v) is 13.4. The zero-order chi connectivity index (χ0) is 17.2. The largest absolute Gasteiger partial charge is 0.399 e. The maximum atomic E-state index is 12.9. The van der Waals surface area contributed by atoms with Crippen molar-refractivity contribution in [1.82, 2.24) is 9.97 Å². The molecule has 0 saturated carbocycles. The minimum absolute atomic E-state index is 0.0851. The van der Waals surface area contributed by atoms with Crippen LogP contribution in [0.5, 0.6) is 0 Å². The molecule has 0 aliphatic rings. The third kappa shape index (κ3) is 2.87. The second kappa shape index (κ2) is 6.18. The lowest BCUT2D eigenvalue weighted by molar-refractivity contribution is 0.592. The Labute approximate surface area is 140 Å². The fraction of sp³-hybridized carbons (Fsp3) is 0.0588. The molecule has 0 aliphatic carbocycles. The van der Waals surface area contributed by atoms with Crippen LogP contribution in [-0.4, -0.2) is 24.9 Å². The molecule has 0 radical (unpaired) electrons. The number of para-hydroxylation sites is 2. The van der Waals surface area contributed by atoms with E-state index in [1.807, 2.05) is 6.07 Å². The summed E-state index contributed by atoms with van der Waals surface area (Å²) in [6, 6.07) is 13.1. The van der Waals surface area contributed by atoms with Crippen LogP contribution in [-0.2, 0) is 10.0 Å². The van der Waals surface area contributed by atoms with Crippen molar-refractivity contribution in [2.45, 2.75) is 4.90 Å². The molecular formula is C17H14N4O2S. The van der Waals surface area contributed by atoms with Crippen molar-refractivity contribution < 1.29 is 8.42 Å². The molecule has 2 aromatic carbocycles. The molecule has 120 valence electrons. The number of nitrogens with two attached hydrogens (primary N) is 1. The van der Waals surface area contributed by atoms with Gasteiger partial charge in [0.25, 0.3) is 10.0 Å². The molecule has 1 aromatic heterocycles. The molecule has 3 aromatic rings. The predicted molar refractivity (Wildman–Crippen MR) is 93.8 cm³/mol. The van der Waals surface area contributed by atoms with Crippen molar-refractivity contribution >= 4 is 32.6 Å². The fourth-order valence-electron chi connectivity index (χ4n) is 2.21. The summed E-state index contributed by atoms with van der Waals surface area (Å²) >= 11 is 0. The summed E-state index contributed by atoms with van der Waals surface area (Å²) in [6.07, 6.45) is 6.75. The van der Waals surface area contributed by atoms with Gasteiger partial charge in [-0.05, 0) is 36.4 Å². The number of fused-ring (bicyclic) bond motifs is 1. The van der Waals surface area contributed by atoms with Crippen LogP contribution in [0.3, 0.4) is 0 Å². The predicted octanol–water partition coefficient (Wildman–Crippen LogP) is 2.04. The lowest BCUT2D eigenvalue weighted by Crippen LogP contribution is -2.32. The van der Waals surface area contributed by atoms with E-state index in [2.05, 4.69) is 15.9 Å². The molecular weight excluding hydrogens is 324 g/mol. The third-order valence-electron chi connectivity index (χ3n) is 3.39. The molecule has 0 spiro atoms. The summed E-state index contributed by atoms with van der Waals surface area (Å²) < 4.78 is 26.8. The van der Waals surface area contributed by atoms with E-state index >= 15 is 0 Å². The first-order valence-electron chi connectivity index (χ1n) is 7.06. The van der Waals surface area contributed by atoms with Gasteiger partial charge in [-0.3, -0.25) is 4.98 Å². The Morgan fingerprint density at radius 1 is 1.08 bits per heavy atom. The molecule has 0 aliphatic heterocycles. The molecule has 1 heterocycles. The average Bonchev–Trinajstić information content (AvgIpc) is 2.59. The summed E-state index contributed by atoms with van der Waals surface area (Å²) in [6.45, 7) is -0.153. The quantitative estimate of drug-likeness (QED) is 0.581. The highest BCUT2D eigenvalue weighted by Gasteiger charge is 2.25. The number of nitrogens with zero attached hydrogens (tertiary/aromatic N) is 3. The zero-order valence-electron chi connectivity index (χ0n) is 12.6. The Bertz CT molecular complexity index is 1020. The van der Waals surface area contributed by atoms with Gasteiger partial charge in [-0.15, -0.1) is 6.42 Å². The first kappa shape index (κ1) is 15.8. The summed E-state index contributed by atoms with van der Waals surface area (Å²) in [4.78, 5) is 8.70. The van der Waals surface area contributed by atoms with E-state index in [-0.39, 0.29) is 17.3 Å². The minimum atomic E-state index is -3.87. The highest BCUT2D eigenvalue weighted by Crippen LogP contribution is 2.23. The molecule has 0 fully saturated rings. The molecule has 7 heteroatoms. The van der Waals surface area contributed by atoms with E-state index in [4.69, 9.17) is 12.2 Å². The highest BCUT2D eigenvalue weighted by molar-refractivity contribution is 7.92. The lowest BCUT2D eigenvalue weighted by Gasteiger charge is -2.21. The van der Waals surface area contributed by atoms with Crippen LogP contribution in [0.2, 0.25) is 0 Å². The molecule has 6 nitrogen and oxygen atoms in total. The number of terminal acetylenes is 1. The van der Waals surface area contributed by atoms with Crippen molar-refractivity contribution in [3.8, 4) is 12.3 Å². The van der Waals surface area contributed by atoms with Crippen molar-refractivity contribution in [2.75, 3.05) is 16.6 Å². The van der Waals surface area contributed by atoms with Crippen molar-refractivity contribution in [3.05, 3.63) is 54.7 Å². The van der Waals surface area contributed by atoms with Gasteiger partial charge < -0.3 is 5.73 Å². The summed E-state index contributed by atoms with van der Waals surface area (Å²) in [5.74, 6) is 2.53. The van der Waals surface area contributed by atoms with E-state index in [0.717, 1.165) is 4.31 Å². The van der Waals surface area contributed by atoms with Gasteiger partial charge in [0.1, 0.15) is 0 Å². The molecule has 24 heavy (non-hydrogen) atoms. The number of benzene rings is 2. The van der Waals surface area contributed by atoms with Gasteiger partial charge in [-0.25, -0.2) is 17.7 Å². The number of aromatic nitrogens is 2. The second-order valence-corrected chi connectivity index (χ2v) is 6.86. The first-order valence-corrected chi connectivity index (χ1v) is 8.50. The standard InChI is InChI=1S/C17H14N4O2S/c1-2-11-21(24(22,23)14-9-7-13(18)8-10-14)17-12-19-15-5-3-4-6-16(15)20-17/h1,3-10,12H,11,18H2. The number of rotatable bonds is 4. The van der Waals surface area contributed by atoms with Crippen LogP contribution in [0.25, 0.3) is 11.0 Å². The van der Waals surface area contributed by atoms with Crippen LogP contribution in [0.4, 0.5) is 11.5 Å². The van der Waals surface area contributed by atoms with Crippen LogP contribution in [0.1, 0.15) is 0 Å². The van der Waals surface area contributed by atoms with E-state index in [0.29, 0.717) is 16.7 Å². The normalized spacial score (nSPS) is 11.1. The lowest BCUT2D eigenvalue weighted by atomic mass is 10.3. The van der Waals surface area contributed by atoms with Gasteiger partial charge in [-0.2, -0.15) is 0 Å². The fourth-order valence-corrected chi connectivity index (χ4v) is 3.52. The van der Waals surface area contributed by atoms with Crippen LogP contribution in [0, 0.1) is 12.3 Å². The minimum Gasteiger partial charge on any atom is -0.399 e. The molecule has 2 N–H and O–H groups in total. The molecule has 0 atom stereocenters. The van der Waals surface area contributed by atoms with Gasteiger partial charge in [0.15, 0.2) is 5.82 Å². The average molecular weight is 338 g/mol. The number of hydrogen-bond donors (Lipinski definition) is 1. The van der Waals surface area contributed by atoms with Gasteiger partial charge in [-0.1, -0.05) is 18.1 Å². The van der Waals surface area contributed by atoms with E-state index in [9.17, 15) is 8.42 Å². The SMILES string of the molecule is C#CCN(c1cnc2ccccc2n1)S(=O)(=O)c1ccc(N)cc1. The molecule has 0 saturated heterocycles. The third-order valence-corrected chi connectivity index (χ3v) is 5.16.